The lowest BCUT2D eigenvalue weighted by Gasteiger charge is -2.17. The third-order valence-corrected chi connectivity index (χ3v) is 6.09. The number of aryl methyl sites for hydroxylation is 1. The zero-order chi connectivity index (χ0) is 25.7. The highest BCUT2D eigenvalue weighted by molar-refractivity contribution is 6.31. The monoisotopic (exact) mass is 509 g/mol. The van der Waals surface area contributed by atoms with Gasteiger partial charge in [0.25, 0.3) is 5.91 Å². The van der Waals surface area contributed by atoms with Crippen molar-refractivity contribution in [2.75, 3.05) is 23.4 Å². The molecular weight excluding hydrogens is 485 g/mol. The second kappa shape index (κ2) is 11.2. The Kier molecular flexibility index (Phi) is 7.85. The second-order valence-electron chi connectivity index (χ2n) is 8.57. The minimum atomic E-state index is -0.573. The molecule has 1 atom stereocenters. The smallest absolute Gasteiger partial charge is 0.262 e. The number of nitrogens with zero attached hydrogens (tertiary/aromatic N) is 1. The molecule has 0 bridgehead atoms. The van der Waals surface area contributed by atoms with Gasteiger partial charge in [0, 0.05) is 30.9 Å². The van der Waals surface area contributed by atoms with Gasteiger partial charge in [0.2, 0.25) is 11.8 Å². The Hall–Kier alpha value is -3.91. The van der Waals surface area contributed by atoms with Crippen molar-refractivity contribution in [3.05, 3.63) is 88.7 Å². The van der Waals surface area contributed by atoms with Crippen LogP contribution in [0, 0.1) is 18.7 Å². The predicted molar refractivity (Wildman–Crippen MR) is 135 cm³/mol. The number of ether oxygens (including phenoxy) is 1. The van der Waals surface area contributed by atoms with Crippen LogP contribution >= 0.6 is 11.6 Å². The van der Waals surface area contributed by atoms with E-state index in [9.17, 15) is 18.8 Å². The summed E-state index contributed by atoms with van der Waals surface area (Å²) in [6.45, 7) is 2.45. The molecule has 9 heteroatoms. The molecule has 1 heterocycles. The van der Waals surface area contributed by atoms with Gasteiger partial charge in [-0.15, -0.1) is 0 Å². The van der Waals surface area contributed by atoms with Crippen molar-refractivity contribution in [2.24, 2.45) is 5.92 Å². The maximum atomic E-state index is 13.2. The molecule has 0 saturated carbocycles. The second-order valence-corrected chi connectivity index (χ2v) is 8.98. The molecular formula is C27H25ClFN3O4. The third-order valence-electron chi connectivity index (χ3n) is 5.80. The molecule has 0 spiro atoms. The topological polar surface area (TPSA) is 87.7 Å². The van der Waals surface area contributed by atoms with E-state index >= 15 is 0 Å². The van der Waals surface area contributed by atoms with Crippen LogP contribution in [-0.4, -0.2) is 30.9 Å². The summed E-state index contributed by atoms with van der Waals surface area (Å²) in [7, 11) is 0. The van der Waals surface area contributed by atoms with E-state index in [-0.39, 0.29) is 29.9 Å². The van der Waals surface area contributed by atoms with Gasteiger partial charge >= 0.3 is 0 Å². The number of benzene rings is 3. The van der Waals surface area contributed by atoms with Gasteiger partial charge in [0.1, 0.15) is 11.6 Å². The van der Waals surface area contributed by atoms with E-state index in [4.69, 9.17) is 16.3 Å². The Labute approximate surface area is 213 Å². The van der Waals surface area contributed by atoms with Crippen molar-refractivity contribution in [1.82, 2.24) is 5.32 Å². The number of carbonyl (C=O) groups excluding carboxylic acids is 3. The Bertz CT molecular complexity index is 1270. The normalized spacial score (nSPS) is 15.0. The zero-order valence-electron chi connectivity index (χ0n) is 19.6. The minimum Gasteiger partial charge on any atom is -0.484 e. The Balaban J connectivity index is 1.26. The number of anilines is 2. The first-order chi connectivity index (χ1) is 17.3. The van der Waals surface area contributed by atoms with E-state index in [2.05, 4.69) is 10.6 Å². The van der Waals surface area contributed by atoms with E-state index in [0.29, 0.717) is 30.2 Å². The lowest BCUT2D eigenvalue weighted by molar-refractivity contribution is -0.126. The number of amides is 3. The van der Waals surface area contributed by atoms with Crippen LogP contribution in [0.25, 0.3) is 0 Å². The standard InChI is InChI=1S/C27H25ClFN3O4/c1-17-2-4-18(5-3-17)14-30-27(35)19-12-26(34)32(15-19)21-7-9-22(10-8-21)36-16-25(33)31-20-6-11-24(29)23(28)13-20/h2-11,13,19H,12,14-16H2,1H3,(H,30,35)(H,31,33)/t19-/m0/s1. The predicted octanol–water partition coefficient (Wildman–Crippen LogP) is 4.47. The molecule has 36 heavy (non-hydrogen) atoms. The first-order valence-electron chi connectivity index (χ1n) is 11.4. The number of halogens is 2. The molecule has 0 aromatic heterocycles. The van der Waals surface area contributed by atoms with Crippen LogP contribution in [0.3, 0.4) is 0 Å². The van der Waals surface area contributed by atoms with Crippen LogP contribution in [0.4, 0.5) is 15.8 Å². The molecule has 186 valence electrons. The molecule has 0 radical (unpaired) electrons. The largest absolute Gasteiger partial charge is 0.484 e. The molecule has 3 aromatic carbocycles. The van der Waals surface area contributed by atoms with Crippen LogP contribution in [0.2, 0.25) is 5.02 Å². The van der Waals surface area contributed by atoms with Crippen LogP contribution in [-0.2, 0) is 20.9 Å². The molecule has 0 unspecified atom stereocenters. The van der Waals surface area contributed by atoms with E-state index in [1.165, 1.54) is 12.1 Å². The highest BCUT2D eigenvalue weighted by Crippen LogP contribution is 2.27. The SMILES string of the molecule is Cc1ccc(CNC(=O)[C@H]2CC(=O)N(c3ccc(OCC(=O)Nc4ccc(F)c(Cl)c4)cc3)C2)cc1. The quantitative estimate of drug-likeness (QED) is 0.469. The lowest BCUT2D eigenvalue weighted by atomic mass is 10.1. The molecule has 1 aliphatic heterocycles. The summed E-state index contributed by atoms with van der Waals surface area (Å²) in [6, 6.07) is 18.5. The van der Waals surface area contributed by atoms with Gasteiger partial charge in [-0.25, -0.2) is 4.39 Å². The summed E-state index contributed by atoms with van der Waals surface area (Å²) >= 11 is 5.71. The van der Waals surface area contributed by atoms with E-state index in [1.54, 1.807) is 29.2 Å². The Morgan fingerprint density at radius 1 is 1.08 bits per heavy atom. The van der Waals surface area contributed by atoms with Crippen LogP contribution in [0.15, 0.2) is 66.7 Å². The highest BCUT2D eigenvalue weighted by atomic mass is 35.5. The highest BCUT2D eigenvalue weighted by Gasteiger charge is 2.35. The Morgan fingerprint density at radius 3 is 2.50 bits per heavy atom. The molecule has 3 amide bonds. The molecule has 3 aromatic rings. The van der Waals surface area contributed by atoms with Crippen LogP contribution in [0.1, 0.15) is 17.5 Å². The fraction of sp³-hybridized carbons (Fsp3) is 0.222. The maximum Gasteiger partial charge on any atom is 0.262 e. The van der Waals surface area contributed by atoms with E-state index in [0.717, 1.165) is 17.2 Å². The lowest BCUT2D eigenvalue weighted by Crippen LogP contribution is -2.32. The number of nitrogens with one attached hydrogen (secondary N) is 2. The van der Waals surface area contributed by atoms with Gasteiger partial charge in [-0.3, -0.25) is 14.4 Å². The molecule has 1 fully saturated rings. The summed E-state index contributed by atoms with van der Waals surface area (Å²) in [5.74, 6) is -1.28. The van der Waals surface area contributed by atoms with Gasteiger partial charge in [-0.05, 0) is 55.0 Å². The number of hydrogen-bond donors (Lipinski definition) is 2. The molecule has 0 aliphatic carbocycles. The minimum absolute atomic E-state index is 0.0910. The molecule has 1 aliphatic rings. The fourth-order valence-corrected chi connectivity index (χ4v) is 3.99. The average Bonchev–Trinajstić information content (AvgIpc) is 3.26. The number of carbonyl (C=O) groups is 3. The van der Waals surface area contributed by atoms with Crippen molar-refractivity contribution in [3.8, 4) is 5.75 Å². The van der Waals surface area contributed by atoms with Crippen LogP contribution < -0.4 is 20.3 Å². The summed E-state index contributed by atoms with van der Waals surface area (Å²) in [4.78, 5) is 38.8. The first kappa shape index (κ1) is 25.2. The maximum absolute atomic E-state index is 13.2. The summed E-state index contributed by atoms with van der Waals surface area (Å²) in [5.41, 5.74) is 3.15. The van der Waals surface area contributed by atoms with Gasteiger partial charge in [-0.1, -0.05) is 41.4 Å². The van der Waals surface area contributed by atoms with Gasteiger partial charge in [0.15, 0.2) is 6.61 Å². The summed E-state index contributed by atoms with van der Waals surface area (Å²) in [5, 5.41) is 5.39. The Morgan fingerprint density at radius 2 is 1.81 bits per heavy atom. The van der Waals surface area contributed by atoms with Gasteiger partial charge in [-0.2, -0.15) is 0 Å². The molecule has 4 rings (SSSR count). The molecule has 7 nitrogen and oxygen atoms in total. The average molecular weight is 510 g/mol. The number of hydrogen-bond acceptors (Lipinski definition) is 4. The van der Waals surface area contributed by atoms with Crippen molar-refractivity contribution in [3.63, 3.8) is 0 Å². The van der Waals surface area contributed by atoms with Crippen molar-refractivity contribution in [2.45, 2.75) is 19.9 Å². The molecule has 1 saturated heterocycles. The molecule has 2 N–H and O–H groups in total. The van der Waals surface area contributed by atoms with Gasteiger partial charge in [0.05, 0.1) is 10.9 Å². The van der Waals surface area contributed by atoms with Crippen molar-refractivity contribution >= 4 is 40.7 Å². The summed E-state index contributed by atoms with van der Waals surface area (Å²) < 4.78 is 18.7. The third kappa shape index (κ3) is 6.40. The van der Waals surface area contributed by atoms with E-state index in [1.807, 2.05) is 31.2 Å². The summed E-state index contributed by atoms with van der Waals surface area (Å²) in [6.07, 6.45) is 0.144. The number of rotatable bonds is 8. The zero-order valence-corrected chi connectivity index (χ0v) is 20.3. The van der Waals surface area contributed by atoms with Crippen molar-refractivity contribution in [1.29, 1.82) is 0 Å². The van der Waals surface area contributed by atoms with Crippen molar-refractivity contribution < 1.29 is 23.5 Å². The van der Waals surface area contributed by atoms with Crippen LogP contribution in [0.5, 0.6) is 5.75 Å². The fourth-order valence-electron chi connectivity index (χ4n) is 3.81. The van der Waals surface area contributed by atoms with Gasteiger partial charge < -0.3 is 20.3 Å². The van der Waals surface area contributed by atoms with E-state index < -0.39 is 17.6 Å². The first-order valence-corrected chi connectivity index (χ1v) is 11.8.